The largest absolute Gasteiger partial charge is 0.325 e. The maximum Gasteiger partial charge on any atom is 0.239 e. The lowest BCUT2D eigenvalue weighted by molar-refractivity contribution is -0.129. The molecule has 2 aliphatic heterocycles. The number of carbonyl (C=O) groups is 4. The summed E-state index contributed by atoms with van der Waals surface area (Å²) in [4.78, 5) is 49.9. The van der Waals surface area contributed by atoms with E-state index in [1.54, 1.807) is 41.3 Å². The molecule has 2 atom stereocenters. The number of nitrogens with one attached hydrogen (secondary N) is 2. The van der Waals surface area contributed by atoms with Crippen molar-refractivity contribution < 1.29 is 19.2 Å². The molecule has 0 bridgehead atoms. The molecule has 0 aromatic heterocycles. The van der Waals surface area contributed by atoms with Gasteiger partial charge in [0.05, 0.1) is 5.92 Å². The Morgan fingerprint density at radius 2 is 1.77 bits per heavy atom. The third-order valence-electron chi connectivity index (χ3n) is 5.43. The van der Waals surface area contributed by atoms with E-state index in [0.717, 1.165) is 11.3 Å². The van der Waals surface area contributed by atoms with Crippen molar-refractivity contribution in [2.75, 3.05) is 16.8 Å². The van der Waals surface area contributed by atoms with E-state index in [9.17, 15) is 19.2 Å². The van der Waals surface area contributed by atoms with Gasteiger partial charge in [0.25, 0.3) is 0 Å². The molecule has 154 valence electrons. The molecule has 0 unspecified atom stereocenters. The predicted octanol–water partition coefficient (Wildman–Crippen LogP) is 2.54. The summed E-state index contributed by atoms with van der Waals surface area (Å²) in [5.74, 6) is -2.17. The predicted molar refractivity (Wildman–Crippen MR) is 112 cm³/mol. The Balaban J connectivity index is 1.36. The van der Waals surface area contributed by atoms with Crippen LogP contribution in [-0.4, -0.2) is 30.2 Å². The Hall–Kier alpha value is -3.19. The van der Waals surface area contributed by atoms with Crippen molar-refractivity contribution in [1.29, 1.82) is 0 Å². The topological polar surface area (TPSA) is 95.6 Å². The highest BCUT2D eigenvalue weighted by molar-refractivity contribution is 6.30. The highest BCUT2D eigenvalue weighted by atomic mass is 35.5. The minimum absolute atomic E-state index is 0.200. The van der Waals surface area contributed by atoms with Gasteiger partial charge in [0, 0.05) is 29.4 Å². The first-order chi connectivity index (χ1) is 14.4. The van der Waals surface area contributed by atoms with Gasteiger partial charge in [0.2, 0.25) is 23.6 Å². The van der Waals surface area contributed by atoms with Gasteiger partial charge in [0.1, 0.15) is 5.92 Å². The molecule has 0 saturated carbocycles. The van der Waals surface area contributed by atoms with E-state index in [1.165, 1.54) is 0 Å². The van der Waals surface area contributed by atoms with E-state index in [2.05, 4.69) is 10.6 Å². The first-order valence-electron chi connectivity index (χ1n) is 9.71. The van der Waals surface area contributed by atoms with Crippen LogP contribution in [0.5, 0.6) is 0 Å². The average Bonchev–Trinajstić information content (AvgIpc) is 3.25. The van der Waals surface area contributed by atoms with Crippen LogP contribution in [0.2, 0.25) is 5.02 Å². The molecule has 0 aliphatic carbocycles. The maximum atomic E-state index is 12.7. The van der Waals surface area contributed by atoms with Crippen molar-refractivity contribution in [1.82, 2.24) is 5.32 Å². The Kier molecular flexibility index (Phi) is 5.55. The zero-order valence-corrected chi connectivity index (χ0v) is 16.8. The second kappa shape index (κ2) is 8.28. The summed E-state index contributed by atoms with van der Waals surface area (Å²) in [5.41, 5.74) is 2.20. The normalized spacial score (nSPS) is 21.1. The molecule has 7 nitrogen and oxygen atoms in total. The van der Waals surface area contributed by atoms with Gasteiger partial charge in [0.15, 0.2) is 0 Å². The first-order valence-corrected chi connectivity index (χ1v) is 10.1. The van der Waals surface area contributed by atoms with Gasteiger partial charge in [-0.3, -0.25) is 24.5 Å². The summed E-state index contributed by atoms with van der Waals surface area (Å²) in [5, 5.41) is 5.68. The standard InChI is InChI=1S/C22H20ClN3O4/c23-15-3-7-17(8-4-15)26-10-9-18(22(26)30)21(29)24-16-5-1-13(2-6-16)11-14-12-19(27)25-20(14)28/h1-8,14,18H,9-12H2,(H,24,29)(H,25,27,28)/t14-,18+/m0/s1. The fourth-order valence-corrected chi connectivity index (χ4v) is 3.94. The van der Waals surface area contributed by atoms with E-state index >= 15 is 0 Å². The van der Waals surface area contributed by atoms with Gasteiger partial charge in [-0.15, -0.1) is 0 Å². The van der Waals surface area contributed by atoms with Crippen LogP contribution in [0, 0.1) is 11.8 Å². The highest BCUT2D eigenvalue weighted by Crippen LogP contribution is 2.27. The van der Waals surface area contributed by atoms with E-state index in [4.69, 9.17) is 11.6 Å². The van der Waals surface area contributed by atoms with Crippen LogP contribution in [0.4, 0.5) is 11.4 Å². The summed E-state index contributed by atoms with van der Waals surface area (Å²) in [6.45, 7) is 0.472. The fourth-order valence-electron chi connectivity index (χ4n) is 3.81. The van der Waals surface area contributed by atoms with E-state index in [0.29, 0.717) is 30.1 Å². The molecule has 4 rings (SSSR count). The molecule has 0 spiro atoms. The molecule has 2 fully saturated rings. The molecule has 30 heavy (non-hydrogen) atoms. The van der Waals surface area contributed by atoms with Crippen molar-refractivity contribution in [3.8, 4) is 0 Å². The summed E-state index contributed by atoms with van der Waals surface area (Å²) in [6.07, 6.45) is 1.10. The van der Waals surface area contributed by atoms with Crippen molar-refractivity contribution in [3.63, 3.8) is 0 Å². The van der Waals surface area contributed by atoms with E-state index in [-0.39, 0.29) is 36.0 Å². The van der Waals surface area contributed by atoms with Crippen LogP contribution in [-0.2, 0) is 25.6 Å². The SMILES string of the molecule is O=C1C[C@H](Cc2ccc(NC(=O)[C@H]3CCN(c4ccc(Cl)cc4)C3=O)cc2)C(=O)N1. The molecule has 2 heterocycles. The van der Waals surface area contributed by atoms with Gasteiger partial charge in [-0.1, -0.05) is 23.7 Å². The molecular formula is C22H20ClN3O4. The quantitative estimate of drug-likeness (QED) is 0.568. The lowest BCUT2D eigenvalue weighted by atomic mass is 9.98. The summed E-state index contributed by atoms with van der Waals surface area (Å²) in [7, 11) is 0. The van der Waals surface area contributed by atoms with Gasteiger partial charge < -0.3 is 10.2 Å². The van der Waals surface area contributed by atoms with Crippen LogP contribution < -0.4 is 15.5 Å². The minimum Gasteiger partial charge on any atom is -0.325 e. The van der Waals surface area contributed by atoms with Crippen molar-refractivity contribution in [3.05, 3.63) is 59.1 Å². The van der Waals surface area contributed by atoms with Crippen LogP contribution in [0.3, 0.4) is 0 Å². The molecule has 2 saturated heterocycles. The monoisotopic (exact) mass is 425 g/mol. The first kappa shape index (κ1) is 20.1. The number of imide groups is 1. The van der Waals surface area contributed by atoms with Gasteiger partial charge in [-0.05, 0) is 54.8 Å². The summed E-state index contributed by atoms with van der Waals surface area (Å²) in [6, 6.07) is 14.0. The third-order valence-corrected chi connectivity index (χ3v) is 5.68. The number of nitrogens with zero attached hydrogens (tertiary/aromatic N) is 1. The van der Waals surface area contributed by atoms with Crippen LogP contribution in [0.1, 0.15) is 18.4 Å². The Morgan fingerprint density at radius 1 is 1.07 bits per heavy atom. The average molecular weight is 426 g/mol. The van der Waals surface area contributed by atoms with E-state index in [1.807, 2.05) is 12.1 Å². The zero-order chi connectivity index (χ0) is 21.3. The fraction of sp³-hybridized carbons (Fsp3) is 0.273. The number of anilines is 2. The maximum absolute atomic E-state index is 12.7. The highest BCUT2D eigenvalue weighted by Gasteiger charge is 2.37. The molecule has 2 N–H and O–H groups in total. The van der Waals surface area contributed by atoms with Gasteiger partial charge in [-0.2, -0.15) is 0 Å². The van der Waals surface area contributed by atoms with Crippen LogP contribution >= 0.6 is 11.6 Å². The number of hydrogen-bond acceptors (Lipinski definition) is 4. The lowest BCUT2D eigenvalue weighted by Crippen LogP contribution is -2.33. The molecule has 2 aromatic rings. The smallest absolute Gasteiger partial charge is 0.239 e. The third kappa shape index (κ3) is 4.21. The molecule has 0 radical (unpaired) electrons. The molecule has 2 aromatic carbocycles. The lowest BCUT2D eigenvalue weighted by Gasteiger charge is -2.17. The second-order valence-corrected chi connectivity index (χ2v) is 7.95. The number of hydrogen-bond donors (Lipinski definition) is 2. The minimum atomic E-state index is -0.742. The number of halogens is 1. The molecular weight excluding hydrogens is 406 g/mol. The molecule has 4 amide bonds. The van der Waals surface area contributed by atoms with Gasteiger partial charge >= 0.3 is 0 Å². The Labute approximate surface area is 178 Å². The van der Waals surface area contributed by atoms with Gasteiger partial charge in [-0.25, -0.2) is 0 Å². The van der Waals surface area contributed by atoms with Crippen molar-refractivity contribution in [2.24, 2.45) is 11.8 Å². The summed E-state index contributed by atoms with van der Waals surface area (Å²) < 4.78 is 0. The van der Waals surface area contributed by atoms with Crippen LogP contribution in [0.25, 0.3) is 0 Å². The Bertz CT molecular complexity index is 1000. The number of rotatable bonds is 5. The van der Waals surface area contributed by atoms with Crippen LogP contribution in [0.15, 0.2) is 48.5 Å². The second-order valence-electron chi connectivity index (χ2n) is 7.51. The number of carbonyl (C=O) groups excluding carboxylic acids is 4. The Morgan fingerprint density at radius 3 is 2.40 bits per heavy atom. The van der Waals surface area contributed by atoms with Crippen molar-refractivity contribution in [2.45, 2.75) is 19.3 Å². The summed E-state index contributed by atoms with van der Waals surface area (Å²) >= 11 is 5.89. The number of amides is 4. The molecule has 2 aliphatic rings. The zero-order valence-electron chi connectivity index (χ0n) is 16.1. The van der Waals surface area contributed by atoms with Crippen molar-refractivity contribution >= 4 is 46.6 Å². The number of benzene rings is 2. The molecule has 8 heteroatoms. The van der Waals surface area contributed by atoms with E-state index < -0.39 is 5.92 Å².